The van der Waals surface area contributed by atoms with Crippen LogP contribution < -0.4 is 11.5 Å². The van der Waals surface area contributed by atoms with Crippen LogP contribution in [0.3, 0.4) is 0 Å². The average molecular weight is 316 g/mol. The maximum absolute atomic E-state index is 10.7. The van der Waals surface area contributed by atoms with Gasteiger partial charge in [0.2, 0.25) is 0 Å². The highest BCUT2D eigenvalue weighted by Gasteiger charge is 2.20. The van der Waals surface area contributed by atoms with Crippen molar-refractivity contribution >= 4 is 10.9 Å². The lowest BCUT2D eigenvalue weighted by Gasteiger charge is -2.26. The molecule has 0 saturated carbocycles. The van der Waals surface area contributed by atoms with Crippen molar-refractivity contribution in [3.63, 3.8) is 0 Å². The Morgan fingerprint density at radius 1 is 1.09 bits per heavy atom. The van der Waals surface area contributed by atoms with Crippen LogP contribution in [-0.4, -0.2) is 40.4 Å². The summed E-state index contributed by atoms with van der Waals surface area (Å²) in [6, 6.07) is 8.03. The third kappa shape index (κ3) is 3.58. The predicted octanol–water partition coefficient (Wildman–Crippen LogP) is 1.79. The van der Waals surface area contributed by atoms with Crippen molar-refractivity contribution in [3.8, 4) is 0 Å². The lowest BCUT2D eigenvalue weighted by atomic mass is 10.1. The van der Waals surface area contributed by atoms with E-state index in [0.717, 1.165) is 29.6 Å². The molecule has 0 spiro atoms. The maximum Gasteiger partial charge on any atom is 0.125 e. The first-order valence-electron chi connectivity index (χ1n) is 8.66. The lowest BCUT2D eigenvalue weighted by Crippen LogP contribution is -2.38. The number of likely N-dealkylation sites (tertiary alicyclic amines) is 1. The van der Waals surface area contributed by atoms with Gasteiger partial charge in [-0.05, 0) is 24.5 Å². The number of para-hydroxylation sites is 1. The fourth-order valence-corrected chi connectivity index (χ4v) is 3.53. The molecule has 3 rings (SSSR count). The summed E-state index contributed by atoms with van der Waals surface area (Å²) < 4.78 is 2.12. The van der Waals surface area contributed by atoms with Crippen molar-refractivity contribution in [1.82, 2.24) is 9.47 Å². The van der Waals surface area contributed by atoms with Gasteiger partial charge in [-0.15, -0.1) is 0 Å². The Kier molecular flexibility index (Phi) is 5.33. The summed E-state index contributed by atoms with van der Waals surface area (Å²) in [7, 11) is 0. The standard InChI is InChI=1S/C18H28N4O/c19-11-16(20)15-12-22(17-8-4-3-7-14(15)17)13-18(23)21-9-5-1-2-6-10-21/h3-4,7-8,12,16,18,23H,1-2,5-6,9-11,13,19-20H2. The zero-order valence-corrected chi connectivity index (χ0v) is 13.7. The van der Waals surface area contributed by atoms with Gasteiger partial charge in [0.1, 0.15) is 6.23 Å². The van der Waals surface area contributed by atoms with E-state index >= 15 is 0 Å². The molecule has 1 fully saturated rings. The molecule has 2 heterocycles. The van der Waals surface area contributed by atoms with Gasteiger partial charge in [-0.2, -0.15) is 0 Å². The Hall–Kier alpha value is -1.40. The molecule has 126 valence electrons. The third-order valence-corrected chi connectivity index (χ3v) is 4.89. The quantitative estimate of drug-likeness (QED) is 0.786. The van der Waals surface area contributed by atoms with Crippen LogP contribution in [0.25, 0.3) is 10.9 Å². The van der Waals surface area contributed by atoms with Crippen LogP contribution in [-0.2, 0) is 6.54 Å². The molecule has 2 unspecified atom stereocenters. The number of benzene rings is 1. The highest BCUT2D eigenvalue weighted by molar-refractivity contribution is 5.84. The van der Waals surface area contributed by atoms with Crippen LogP contribution in [0.1, 0.15) is 37.3 Å². The summed E-state index contributed by atoms with van der Waals surface area (Å²) in [5, 5.41) is 11.8. The second-order valence-corrected chi connectivity index (χ2v) is 6.53. The highest BCUT2D eigenvalue weighted by Crippen LogP contribution is 2.26. The number of fused-ring (bicyclic) bond motifs is 1. The minimum atomic E-state index is -0.453. The molecule has 5 heteroatoms. The van der Waals surface area contributed by atoms with Crippen LogP contribution in [0.15, 0.2) is 30.5 Å². The molecule has 0 amide bonds. The van der Waals surface area contributed by atoms with Crippen LogP contribution in [0.4, 0.5) is 0 Å². The fourth-order valence-electron chi connectivity index (χ4n) is 3.53. The second-order valence-electron chi connectivity index (χ2n) is 6.53. The molecule has 1 aliphatic rings. The predicted molar refractivity (Wildman–Crippen MR) is 94.0 cm³/mol. The SMILES string of the molecule is NCC(N)c1cn(CC(O)N2CCCCCC2)c2ccccc12. The molecular weight excluding hydrogens is 288 g/mol. The average Bonchev–Trinajstić information content (AvgIpc) is 2.76. The van der Waals surface area contributed by atoms with Gasteiger partial charge in [0.05, 0.1) is 6.54 Å². The molecule has 5 N–H and O–H groups in total. The molecule has 1 aliphatic heterocycles. The Labute approximate surface area is 137 Å². The van der Waals surface area contributed by atoms with Gasteiger partial charge in [0.25, 0.3) is 0 Å². The van der Waals surface area contributed by atoms with E-state index in [1.54, 1.807) is 0 Å². The smallest absolute Gasteiger partial charge is 0.125 e. The van der Waals surface area contributed by atoms with Gasteiger partial charge in [0, 0.05) is 42.8 Å². The van der Waals surface area contributed by atoms with Gasteiger partial charge in [-0.1, -0.05) is 31.0 Å². The minimum Gasteiger partial charge on any atom is -0.376 e. The van der Waals surface area contributed by atoms with E-state index in [4.69, 9.17) is 11.5 Å². The van der Waals surface area contributed by atoms with Gasteiger partial charge in [0.15, 0.2) is 0 Å². The zero-order valence-electron chi connectivity index (χ0n) is 13.7. The maximum atomic E-state index is 10.7. The first kappa shape index (κ1) is 16.5. The van der Waals surface area contributed by atoms with E-state index in [0.29, 0.717) is 13.1 Å². The first-order chi connectivity index (χ1) is 11.2. The lowest BCUT2D eigenvalue weighted by molar-refractivity contribution is -0.00562. The van der Waals surface area contributed by atoms with E-state index in [-0.39, 0.29) is 6.04 Å². The number of rotatable bonds is 5. The summed E-state index contributed by atoms with van der Waals surface area (Å²) in [5.74, 6) is 0. The van der Waals surface area contributed by atoms with Crippen LogP contribution in [0.2, 0.25) is 0 Å². The number of aromatic nitrogens is 1. The van der Waals surface area contributed by atoms with Crippen molar-refractivity contribution in [2.45, 2.75) is 44.5 Å². The van der Waals surface area contributed by atoms with Gasteiger partial charge < -0.3 is 21.1 Å². The second kappa shape index (κ2) is 7.45. The van der Waals surface area contributed by atoms with Crippen molar-refractivity contribution in [2.75, 3.05) is 19.6 Å². The van der Waals surface area contributed by atoms with E-state index in [2.05, 4.69) is 27.8 Å². The van der Waals surface area contributed by atoms with E-state index in [1.807, 2.05) is 12.1 Å². The van der Waals surface area contributed by atoms with Gasteiger partial charge in [-0.25, -0.2) is 0 Å². The molecule has 1 aromatic heterocycles. The first-order valence-corrected chi connectivity index (χ1v) is 8.66. The summed E-state index contributed by atoms with van der Waals surface area (Å²) in [6.45, 7) is 2.95. The van der Waals surface area contributed by atoms with Gasteiger partial charge in [-0.3, -0.25) is 4.90 Å². The van der Waals surface area contributed by atoms with E-state index in [1.165, 1.54) is 25.7 Å². The number of aliphatic hydroxyl groups is 1. The monoisotopic (exact) mass is 316 g/mol. The normalized spacial score (nSPS) is 19.6. The molecule has 2 aromatic rings. The van der Waals surface area contributed by atoms with E-state index in [9.17, 15) is 5.11 Å². The van der Waals surface area contributed by atoms with Crippen LogP contribution in [0.5, 0.6) is 0 Å². The number of hydrogen-bond acceptors (Lipinski definition) is 4. The van der Waals surface area contributed by atoms with Crippen LogP contribution in [0, 0.1) is 0 Å². The van der Waals surface area contributed by atoms with Crippen molar-refractivity contribution in [2.24, 2.45) is 11.5 Å². The van der Waals surface area contributed by atoms with Crippen molar-refractivity contribution < 1.29 is 5.11 Å². The molecular formula is C18H28N4O. The molecule has 2 atom stereocenters. The topological polar surface area (TPSA) is 80.4 Å². The molecule has 0 aliphatic carbocycles. The summed E-state index contributed by atoms with van der Waals surface area (Å²) in [4.78, 5) is 2.20. The van der Waals surface area contributed by atoms with Crippen molar-refractivity contribution in [3.05, 3.63) is 36.0 Å². The van der Waals surface area contributed by atoms with Gasteiger partial charge >= 0.3 is 0 Å². The Morgan fingerprint density at radius 2 is 1.78 bits per heavy atom. The molecule has 0 radical (unpaired) electrons. The molecule has 23 heavy (non-hydrogen) atoms. The summed E-state index contributed by atoms with van der Waals surface area (Å²) in [6.07, 6.45) is 6.49. The number of aliphatic hydroxyl groups excluding tert-OH is 1. The van der Waals surface area contributed by atoms with E-state index < -0.39 is 6.23 Å². The number of nitrogens with two attached hydrogens (primary N) is 2. The van der Waals surface area contributed by atoms with Crippen molar-refractivity contribution in [1.29, 1.82) is 0 Å². The molecule has 0 bridgehead atoms. The summed E-state index contributed by atoms with van der Waals surface area (Å²) >= 11 is 0. The number of nitrogens with zero attached hydrogens (tertiary/aromatic N) is 2. The number of hydrogen-bond donors (Lipinski definition) is 3. The zero-order chi connectivity index (χ0) is 16.2. The minimum absolute atomic E-state index is 0.170. The molecule has 1 saturated heterocycles. The third-order valence-electron chi connectivity index (χ3n) is 4.89. The fraction of sp³-hybridized carbons (Fsp3) is 0.556. The Morgan fingerprint density at radius 3 is 2.48 bits per heavy atom. The Bertz CT molecular complexity index is 631. The Balaban J connectivity index is 1.84. The van der Waals surface area contributed by atoms with Crippen LogP contribution >= 0.6 is 0 Å². The highest BCUT2D eigenvalue weighted by atomic mass is 16.3. The molecule has 5 nitrogen and oxygen atoms in total. The summed E-state index contributed by atoms with van der Waals surface area (Å²) in [5.41, 5.74) is 14.1. The molecule has 1 aromatic carbocycles. The largest absolute Gasteiger partial charge is 0.376 e.